The summed E-state index contributed by atoms with van der Waals surface area (Å²) in [7, 11) is 0. The van der Waals surface area contributed by atoms with Crippen LogP contribution in [0.3, 0.4) is 0 Å². The van der Waals surface area contributed by atoms with Crippen LogP contribution in [0.2, 0.25) is 0 Å². The highest BCUT2D eigenvalue weighted by Crippen LogP contribution is 2.38. The van der Waals surface area contributed by atoms with Gasteiger partial charge in [-0.25, -0.2) is 4.79 Å². The largest absolute Gasteiger partial charge is 0.458 e. The molecule has 1 saturated heterocycles. The zero-order chi connectivity index (χ0) is 12.6. The summed E-state index contributed by atoms with van der Waals surface area (Å²) >= 11 is 0. The van der Waals surface area contributed by atoms with Crippen molar-refractivity contribution in [1.29, 1.82) is 0 Å². The maximum absolute atomic E-state index is 12.9. The van der Waals surface area contributed by atoms with E-state index in [1.165, 1.54) is 0 Å². The van der Waals surface area contributed by atoms with E-state index in [1.54, 1.807) is 20.8 Å². The standard InChI is InChI=1S/C10H16F3NO2/c1-8(2,3)16-7(15)9(10(11,12)13)5-4-6-14-9/h14H,4-6H2,1-3H3. The van der Waals surface area contributed by atoms with Gasteiger partial charge in [-0.2, -0.15) is 13.2 Å². The number of halogens is 3. The molecule has 1 atom stereocenters. The molecule has 0 spiro atoms. The van der Waals surface area contributed by atoms with Crippen molar-refractivity contribution in [3.8, 4) is 0 Å². The molecule has 0 aromatic heterocycles. The summed E-state index contributed by atoms with van der Waals surface area (Å²) in [5, 5.41) is 2.23. The zero-order valence-electron chi connectivity index (χ0n) is 9.57. The Morgan fingerprint density at radius 2 is 1.88 bits per heavy atom. The van der Waals surface area contributed by atoms with Crippen LogP contribution in [-0.4, -0.2) is 29.8 Å². The molecule has 1 N–H and O–H groups in total. The highest BCUT2D eigenvalue weighted by molar-refractivity contribution is 5.82. The highest BCUT2D eigenvalue weighted by Gasteiger charge is 2.63. The summed E-state index contributed by atoms with van der Waals surface area (Å²) in [6.07, 6.45) is -4.56. The van der Waals surface area contributed by atoms with Crippen molar-refractivity contribution in [2.24, 2.45) is 0 Å². The minimum atomic E-state index is -4.62. The van der Waals surface area contributed by atoms with Gasteiger partial charge in [-0.1, -0.05) is 0 Å². The fourth-order valence-electron chi connectivity index (χ4n) is 1.64. The van der Waals surface area contributed by atoms with Gasteiger partial charge in [0.1, 0.15) is 5.60 Å². The van der Waals surface area contributed by atoms with Crippen LogP contribution >= 0.6 is 0 Å². The first kappa shape index (κ1) is 13.3. The van der Waals surface area contributed by atoms with Gasteiger partial charge in [0, 0.05) is 0 Å². The van der Waals surface area contributed by atoms with Crippen LogP contribution in [0.25, 0.3) is 0 Å². The van der Waals surface area contributed by atoms with Crippen molar-refractivity contribution in [3.05, 3.63) is 0 Å². The first-order chi connectivity index (χ1) is 7.08. The van der Waals surface area contributed by atoms with Gasteiger partial charge in [0.05, 0.1) is 0 Å². The number of alkyl halides is 3. The van der Waals surface area contributed by atoms with Crippen molar-refractivity contribution in [2.45, 2.75) is 50.9 Å². The minimum Gasteiger partial charge on any atom is -0.458 e. The summed E-state index contributed by atoms with van der Waals surface area (Å²) in [6, 6.07) is 0. The molecule has 1 rings (SSSR count). The van der Waals surface area contributed by atoms with Crippen LogP contribution in [0.4, 0.5) is 13.2 Å². The summed E-state index contributed by atoms with van der Waals surface area (Å²) in [5.74, 6) is -1.23. The summed E-state index contributed by atoms with van der Waals surface area (Å²) in [6.45, 7) is 4.82. The second-order valence-electron chi connectivity index (χ2n) is 4.94. The van der Waals surface area contributed by atoms with Crippen LogP contribution in [0.15, 0.2) is 0 Å². The van der Waals surface area contributed by atoms with E-state index in [0.29, 0.717) is 6.42 Å². The third kappa shape index (κ3) is 2.48. The predicted molar refractivity (Wildman–Crippen MR) is 51.9 cm³/mol. The first-order valence-corrected chi connectivity index (χ1v) is 5.14. The molecule has 0 amide bonds. The first-order valence-electron chi connectivity index (χ1n) is 5.14. The topological polar surface area (TPSA) is 38.3 Å². The predicted octanol–water partition coefficient (Wildman–Crippen LogP) is 2.01. The molecule has 94 valence electrons. The average molecular weight is 239 g/mol. The van der Waals surface area contributed by atoms with Crippen LogP contribution in [-0.2, 0) is 9.53 Å². The lowest BCUT2D eigenvalue weighted by Gasteiger charge is -2.32. The molecule has 1 fully saturated rings. The van der Waals surface area contributed by atoms with Gasteiger partial charge in [-0.05, 0) is 40.2 Å². The summed E-state index contributed by atoms with van der Waals surface area (Å²) < 4.78 is 43.5. The van der Waals surface area contributed by atoms with Gasteiger partial charge in [0.15, 0.2) is 0 Å². The van der Waals surface area contributed by atoms with Gasteiger partial charge in [0.2, 0.25) is 5.54 Å². The van der Waals surface area contributed by atoms with Crippen LogP contribution in [0.1, 0.15) is 33.6 Å². The molecule has 16 heavy (non-hydrogen) atoms. The van der Waals surface area contributed by atoms with E-state index in [0.717, 1.165) is 0 Å². The maximum atomic E-state index is 12.9. The van der Waals surface area contributed by atoms with Crippen molar-refractivity contribution in [3.63, 3.8) is 0 Å². The third-order valence-electron chi connectivity index (χ3n) is 2.39. The number of ether oxygens (including phenoxy) is 1. The molecule has 0 aromatic rings. The van der Waals surface area contributed by atoms with E-state index < -0.39 is 23.3 Å². The van der Waals surface area contributed by atoms with Gasteiger partial charge in [0.25, 0.3) is 0 Å². The minimum absolute atomic E-state index is 0.179. The zero-order valence-corrected chi connectivity index (χ0v) is 9.57. The Bertz CT molecular complexity index is 275. The van der Waals surface area contributed by atoms with Crippen molar-refractivity contribution < 1.29 is 22.7 Å². The lowest BCUT2D eigenvalue weighted by atomic mass is 9.96. The van der Waals surface area contributed by atoms with Crippen molar-refractivity contribution in [2.75, 3.05) is 6.54 Å². The molecular formula is C10H16F3NO2. The van der Waals surface area contributed by atoms with Crippen LogP contribution in [0, 0.1) is 0 Å². The van der Waals surface area contributed by atoms with Crippen LogP contribution < -0.4 is 5.32 Å². The number of hydrogen-bond acceptors (Lipinski definition) is 3. The normalized spacial score (nSPS) is 26.9. The Hall–Kier alpha value is -0.780. The molecule has 0 saturated carbocycles. The molecule has 1 heterocycles. The number of carbonyl (C=O) groups excluding carboxylic acids is 1. The van der Waals surface area contributed by atoms with Gasteiger partial charge in [-0.15, -0.1) is 0 Å². The fraction of sp³-hybridized carbons (Fsp3) is 0.900. The van der Waals surface area contributed by atoms with Crippen molar-refractivity contribution >= 4 is 5.97 Å². The van der Waals surface area contributed by atoms with E-state index in [4.69, 9.17) is 4.74 Å². The summed E-state index contributed by atoms with van der Waals surface area (Å²) in [4.78, 5) is 11.6. The quantitative estimate of drug-likeness (QED) is 0.711. The molecule has 0 bridgehead atoms. The molecular weight excluding hydrogens is 223 g/mol. The molecule has 6 heteroatoms. The van der Waals surface area contributed by atoms with E-state index in [9.17, 15) is 18.0 Å². The molecule has 0 aromatic carbocycles. The van der Waals surface area contributed by atoms with Gasteiger partial charge in [-0.3, -0.25) is 5.32 Å². The number of esters is 1. The SMILES string of the molecule is CC(C)(C)OC(=O)C1(C(F)(F)F)CCCN1. The van der Waals surface area contributed by atoms with Gasteiger partial charge < -0.3 is 4.74 Å². The van der Waals surface area contributed by atoms with E-state index >= 15 is 0 Å². The van der Waals surface area contributed by atoms with Crippen LogP contribution in [0.5, 0.6) is 0 Å². The lowest BCUT2D eigenvalue weighted by molar-refractivity contribution is -0.216. The molecule has 0 radical (unpaired) electrons. The van der Waals surface area contributed by atoms with E-state index in [2.05, 4.69) is 5.32 Å². The van der Waals surface area contributed by atoms with Gasteiger partial charge >= 0.3 is 12.1 Å². The number of carbonyl (C=O) groups is 1. The summed E-state index contributed by atoms with van der Waals surface area (Å²) in [5.41, 5.74) is -3.43. The second kappa shape index (κ2) is 3.91. The van der Waals surface area contributed by atoms with Crippen molar-refractivity contribution in [1.82, 2.24) is 5.32 Å². The third-order valence-corrected chi connectivity index (χ3v) is 2.39. The monoisotopic (exact) mass is 239 g/mol. The number of rotatable bonds is 1. The number of hydrogen-bond donors (Lipinski definition) is 1. The fourth-order valence-corrected chi connectivity index (χ4v) is 1.64. The second-order valence-corrected chi connectivity index (χ2v) is 4.94. The Morgan fingerprint density at radius 3 is 2.19 bits per heavy atom. The molecule has 0 aliphatic carbocycles. The smallest absolute Gasteiger partial charge is 0.417 e. The molecule has 1 aliphatic heterocycles. The molecule has 3 nitrogen and oxygen atoms in total. The Kier molecular flexibility index (Phi) is 3.24. The van der Waals surface area contributed by atoms with E-state index in [-0.39, 0.29) is 13.0 Å². The lowest BCUT2D eigenvalue weighted by Crippen LogP contribution is -2.60. The van der Waals surface area contributed by atoms with E-state index in [1.807, 2.05) is 0 Å². The highest BCUT2D eigenvalue weighted by atomic mass is 19.4. The Balaban J connectivity index is 2.91. The Labute approximate surface area is 92.3 Å². The Morgan fingerprint density at radius 1 is 1.31 bits per heavy atom. The number of nitrogens with one attached hydrogen (secondary N) is 1. The average Bonchev–Trinajstić information content (AvgIpc) is 2.46. The maximum Gasteiger partial charge on any atom is 0.417 e. The molecule has 1 unspecified atom stereocenters. The molecule has 1 aliphatic rings.